The lowest BCUT2D eigenvalue weighted by molar-refractivity contribution is -0.122. The third-order valence-electron chi connectivity index (χ3n) is 4.14. The van der Waals surface area contributed by atoms with E-state index in [1.165, 1.54) is 19.3 Å². The molecule has 2 aromatic rings. The maximum atomic E-state index is 13.2. The fraction of sp³-hybridized carbons (Fsp3) is 0.0952. The first-order valence-corrected chi connectivity index (χ1v) is 10.1. The van der Waals surface area contributed by atoms with Gasteiger partial charge < -0.3 is 9.47 Å². The van der Waals surface area contributed by atoms with Gasteiger partial charge in [-0.25, -0.2) is 0 Å². The lowest BCUT2D eigenvalue weighted by Gasteiger charge is -2.29. The van der Waals surface area contributed by atoms with Crippen LogP contribution in [0.3, 0.4) is 0 Å². The van der Waals surface area contributed by atoms with E-state index in [-0.39, 0.29) is 49.5 Å². The minimum absolute atomic E-state index is 0.00971. The van der Waals surface area contributed by atoms with Crippen molar-refractivity contribution in [3.63, 3.8) is 0 Å². The van der Waals surface area contributed by atoms with Crippen LogP contribution in [0.15, 0.2) is 35.9 Å². The lowest BCUT2D eigenvalue weighted by atomic mass is 10.1. The first-order chi connectivity index (χ1) is 14.8. The van der Waals surface area contributed by atoms with Gasteiger partial charge in [-0.3, -0.25) is 19.8 Å². The molecule has 0 bridgehead atoms. The first-order valence-electron chi connectivity index (χ1n) is 8.57. The summed E-state index contributed by atoms with van der Waals surface area (Å²) in [5.74, 6) is 1.51. The van der Waals surface area contributed by atoms with Crippen LogP contribution in [0.25, 0.3) is 6.08 Å². The van der Waals surface area contributed by atoms with E-state index in [0.717, 1.165) is 4.90 Å². The Kier molecular flexibility index (Phi) is 7.08. The van der Waals surface area contributed by atoms with Crippen molar-refractivity contribution in [2.75, 3.05) is 18.6 Å². The molecule has 6 nitrogen and oxygen atoms in total. The zero-order chi connectivity index (χ0) is 22.7. The number of hydrogen-bond donors (Lipinski definition) is 1. The molecule has 0 radical (unpaired) electrons. The van der Waals surface area contributed by atoms with Crippen molar-refractivity contribution >= 4 is 75.7 Å². The summed E-state index contributed by atoms with van der Waals surface area (Å²) in [7, 11) is 1.42. The highest BCUT2D eigenvalue weighted by Crippen LogP contribution is 2.38. The summed E-state index contributed by atoms with van der Waals surface area (Å²) in [4.78, 5) is 26.8. The van der Waals surface area contributed by atoms with Crippen LogP contribution in [-0.4, -0.2) is 30.6 Å². The van der Waals surface area contributed by atoms with Crippen molar-refractivity contribution in [3.8, 4) is 23.8 Å². The molecule has 3 rings (SSSR count). The number of nitrogens with one attached hydrogen (secondary N) is 1. The molecule has 1 fully saturated rings. The summed E-state index contributed by atoms with van der Waals surface area (Å²) in [6.45, 7) is -0.00971. The molecule has 2 amide bonds. The number of hydrogen-bond acceptors (Lipinski definition) is 5. The average molecular weight is 496 g/mol. The van der Waals surface area contributed by atoms with Crippen molar-refractivity contribution in [3.05, 3.63) is 56.5 Å². The van der Waals surface area contributed by atoms with Gasteiger partial charge in [0.05, 0.1) is 27.9 Å². The summed E-state index contributed by atoms with van der Waals surface area (Å²) < 4.78 is 10.7. The molecule has 0 aliphatic carbocycles. The summed E-state index contributed by atoms with van der Waals surface area (Å²) in [5.41, 5.74) is 0.460. The predicted molar refractivity (Wildman–Crippen MR) is 125 cm³/mol. The molecule has 1 saturated heterocycles. The number of amides is 2. The molecule has 1 aliphatic rings. The normalized spacial score (nSPS) is 15.0. The van der Waals surface area contributed by atoms with Gasteiger partial charge >= 0.3 is 0 Å². The summed E-state index contributed by atoms with van der Waals surface area (Å²) >= 11 is 23.7. The number of ether oxygens (including phenoxy) is 2. The maximum absolute atomic E-state index is 13.2. The van der Waals surface area contributed by atoms with Crippen LogP contribution in [-0.2, 0) is 9.59 Å². The van der Waals surface area contributed by atoms with E-state index in [1.807, 2.05) is 0 Å². The highest BCUT2D eigenvalue weighted by Gasteiger charge is 2.35. The second-order valence-corrected chi connectivity index (χ2v) is 7.64. The Labute approximate surface area is 198 Å². The maximum Gasteiger partial charge on any atom is 0.270 e. The van der Waals surface area contributed by atoms with Gasteiger partial charge in [0, 0.05) is 0 Å². The fourth-order valence-electron chi connectivity index (χ4n) is 2.79. The monoisotopic (exact) mass is 494 g/mol. The van der Waals surface area contributed by atoms with Crippen LogP contribution in [0, 0.1) is 12.3 Å². The number of anilines is 1. The number of benzene rings is 2. The van der Waals surface area contributed by atoms with Gasteiger partial charge in [-0.15, -0.1) is 6.42 Å². The van der Waals surface area contributed by atoms with Crippen LogP contribution in [0.2, 0.25) is 15.1 Å². The topological polar surface area (TPSA) is 67.9 Å². The van der Waals surface area contributed by atoms with E-state index in [4.69, 9.17) is 62.9 Å². The zero-order valence-electron chi connectivity index (χ0n) is 15.9. The van der Waals surface area contributed by atoms with Crippen molar-refractivity contribution in [1.29, 1.82) is 0 Å². The first kappa shape index (κ1) is 22.9. The highest BCUT2D eigenvalue weighted by atomic mass is 35.5. The Morgan fingerprint density at radius 2 is 1.97 bits per heavy atom. The molecule has 2 aromatic carbocycles. The van der Waals surface area contributed by atoms with E-state index in [1.54, 1.807) is 24.3 Å². The quantitative estimate of drug-likeness (QED) is 0.286. The molecule has 1 heterocycles. The Hall–Kier alpha value is -2.76. The van der Waals surface area contributed by atoms with Gasteiger partial charge in [-0.1, -0.05) is 46.8 Å². The number of rotatable bonds is 5. The van der Waals surface area contributed by atoms with Gasteiger partial charge in [0.2, 0.25) is 0 Å². The Morgan fingerprint density at radius 3 is 2.65 bits per heavy atom. The Balaban J connectivity index is 2.05. The minimum atomic E-state index is -0.680. The van der Waals surface area contributed by atoms with Crippen LogP contribution in [0.1, 0.15) is 5.56 Å². The molecular formula is C21H13Cl3N2O4S. The van der Waals surface area contributed by atoms with E-state index >= 15 is 0 Å². The number of methoxy groups -OCH3 is 1. The molecule has 10 heteroatoms. The van der Waals surface area contributed by atoms with Crippen molar-refractivity contribution in [2.45, 2.75) is 0 Å². The SMILES string of the molecule is C#CCOc1c(Cl)cc(/C=C2\C(=O)NC(=S)N(c3cccc(Cl)c3Cl)C2=O)cc1OC. The van der Waals surface area contributed by atoms with Gasteiger partial charge in [-0.05, 0) is 48.1 Å². The average Bonchev–Trinajstić information content (AvgIpc) is 2.73. The van der Waals surface area contributed by atoms with Gasteiger partial charge in [0.15, 0.2) is 16.6 Å². The lowest BCUT2D eigenvalue weighted by Crippen LogP contribution is -2.54. The molecular weight excluding hydrogens is 483 g/mol. The van der Waals surface area contributed by atoms with Crippen LogP contribution in [0.4, 0.5) is 5.69 Å². The van der Waals surface area contributed by atoms with E-state index in [9.17, 15) is 9.59 Å². The molecule has 0 atom stereocenters. The third kappa shape index (κ3) is 4.63. The number of terminal acetylenes is 1. The summed E-state index contributed by atoms with van der Waals surface area (Å²) in [6, 6.07) is 7.80. The molecule has 31 heavy (non-hydrogen) atoms. The summed E-state index contributed by atoms with van der Waals surface area (Å²) in [5, 5.41) is 2.90. The predicted octanol–water partition coefficient (Wildman–Crippen LogP) is 4.50. The summed E-state index contributed by atoms with van der Waals surface area (Å²) in [6.07, 6.45) is 6.56. The Bertz CT molecular complexity index is 1170. The van der Waals surface area contributed by atoms with E-state index < -0.39 is 11.8 Å². The fourth-order valence-corrected chi connectivity index (χ4v) is 3.71. The largest absolute Gasteiger partial charge is 0.493 e. The van der Waals surface area contributed by atoms with Crippen molar-refractivity contribution in [2.24, 2.45) is 0 Å². The number of carbonyl (C=O) groups excluding carboxylic acids is 2. The zero-order valence-corrected chi connectivity index (χ0v) is 19.0. The van der Waals surface area contributed by atoms with E-state index in [2.05, 4.69) is 11.2 Å². The number of carbonyl (C=O) groups is 2. The standard InChI is InChI=1S/C21H13Cl3N2O4S/c1-3-7-30-18-14(23)9-11(10-16(18)29-2)8-12-19(27)25-21(31)26(20(12)28)15-6-4-5-13(22)17(15)24/h1,4-6,8-10H,7H2,2H3,(H,25,27,31)/b12-8+. The van der Waals surface area contributed by atoms with Gasteiger partial charge in [-0.2, -0.15) is 0 Å². The molecule has 0 aromatic heterocycles. The van der Waals surface area contributed by atoms with Crippen molar-refractivity contribution < 1.29 is 19.1 Å². The van der Waals surface area contributed by atoms with Crippen LogP contribution < -0.4 is 19.7 Å². The van der Waals surface area contributed by atoms with E-state index in [0.29, 0.717) is 5.56 Å². The minimum Gasteiger partial charge on any atom is -0.493 e. The van der Waals surface area contributed by atoms with Crippen LogP contribution >= 0.6 is 47.0 Å². The second-order valence-electron chi connectivity index (χ2n) is 6.06. The van der Waals surface area contributed by atoms with Crippen molar-refractivity contribution in [1.82, 2.24) is 5.32 Å². The second kappa shape index (κ2) is 9.58. The third-order valence-corrected chi connectivity index (χ3v) is 5.51. The molecule has 1 N–H and O–H groups in total. The molecule has 0 saturated carbocycles. The highest BCUT2D eigenvalue weighted by molar-refractivity contribution is 7.80. The Morgan fingerprint density at radius 1 is 1.23 bits per heavy atom. The van der Waals surface area contributed by atoms with Gasteiger partial charge in [0.25, 0.3) is 11.8 Å². The molecule has 0 spiro atoms. The van der Waals surface area contributed by atoms with Gasteiger partial charge in [0.1, 0.15) is 12.2 Å². The number of nitrogens with zero attached hydrogens (tertiary/aromatic N) is 1. The smallest absolute Gasteiger partial charge is 0.270 e. The van der Waals surface area contributed by atoms with Crippen LogP contribution in [0.5, 0.6) is 11.5 Å². The molecule has 0 unspecified atom stereocenters. The number of halogens is 3. The molecule has 158 valence electrons. The number of thiocarbonyl (C=S) groups is 1. The molecule has 1 aliphatic heterocycles.